The number of aromatic nitrogens is 3. The van der Waals surface area contributed by atoms with Crippen LogP contribution < -0.4 is 5.32 Å². The zero-order chi connectivity index (χ0) is 14.8. The molecule has 2 aromatic heterocycles. The highest BCUT2D eigenvalue weighted by Gasteiger charge is 2.23. The van der Waals surface area contributed by atoms with Gasteiger partial charge in [-0.1, -0.05) is 12.1 Å². The first kappa shape index (κ1) is 14.2. The van der Waals surface area contributed by atoms with E-state index in [0.29, 0.717) is 6.04 Å². The van der Waals surface area contributed by atoms with Crippen LogP contribution >= 0.6 is 0 Å². The number of nitrogens with zero attached hydrogens (tertiary/aromatic N) is 3. The summed E-state index contributed by atoms with van der Waals surface area (Å²) in [5.41, 5.74) is 4.20. The average Bonchev–Trinajstić information content (AvgIpc) is 2.83. The Morgan fingerprint density at radius 3 is 2.95 bits per heavy atom. The van der Waals surface area contributed by atoms with Crippen molar-refractivity contribution in [2.24, 2.45) is 0 Å². The van der Waals surface area contributed by atoms with Crippen LogP contribution in [-0.2, 0) is 6.42 Å². The van der Waals surface area contributed by atoms with Crippen molar-refractivity contribution < 1.29 is 4.52 Å². The molecule has 1 unspecified atom stereocenters. The fourth-order valence-corrected chi connectivity index (χ4v) is 3.00. The van der Waals surface area contributed by atoms with Gasteiger partial charge in [0.05, 0.1) is 11.3 Å². The molecule has 0 radical (unpaired) electrons. The number of hydrogen-bond donors (Lipinski definition) is 1. The topological polar surface area (TPSA) is 63.8 Å². The lowest BCUT2D eigenvalue weighted by Gasteiger charge is -2.25. The van der Waals surface area contributed by atoms with Crippen molar-refractivity contribution in [3.8, 4) is 11.4 Å². The van der Waals surface area contributed by atoms with E-state index in [2.05, 4.69) is 22.4 Å². The lowest BCUT2D eigenvalue weighted by molar-refractivity contribution is 0.393. The van der Waals surface area contributed by atoms with Gasteiger partial charge >= 0.3 is 0 Å². The number of nitrogens with one attached hydrogen (secondary N) is 1. The highest BCUT2D eigenvalue weighted by Crippen LogP contribution is 2.31. The van der Waals surface area contributed by atoms with E-state index in [4.69, 9.17) is 9.51 Å². The Kier molecular flexibility index (Phi) is 4.01. The summed E-state index contributed by atoms with van der Waals surface area (Å²) in [7, 11) is 0. The summed E-state index contributed by atoms with van der Waals surface area (Å²) in [6, 6.07) is 0.396. The number of fused-ring (bicyclic) bond motifs is 1. The largest absolute Gasteiger partial charge is 0.361 e. The summed E-state index contributed by atoms with van der Waals surface area (Å²) >= 11 is 0. The van der Waals surface area contributed by atoms with E-state index in [0.717, 1.165) is 42.2 Å². The Labute approximate surface area is 125 Å². The highest BCUT2D eigenvalue weighted by molar-refractivity contribution is 5.60. The second kappa shape index (κ2) is 5.93. The van der Waals surface area contributed by atoms with Crippen LogP contribution in [0.4, 0.5) is 0 Å². The number of hydrogen-bond acceptors (Lipinski definition) is 5. The Morgan fingerprint density at radius 2 is 2.24 bits per heavy atom. The van der Waals surface area contributed by atoms with Crippen molar-refractivity contribution in [2.75, 3.05) is 6.54 Å². The molecule has 2 heterocycles. The van der Waals surface area contributed by atoms with Crippen molar-refractivity contribution >= 4 is 0 Å². The zero-order valence-electron chi connectivity index (χ0n) is 12.9. The van der Waals surface area contributed by atoms with Crippen molar-refractivity contribution in [1.82, 2.24) is 20.4 Å². The van der Waals surface area contributed by atoms with Gasteiger partial charge in [0.2, 0.25) is 0 Å². The summed E-state index contributed by atoms with van der Waals surface area (Å²) in [4.78, 5) is 9.35. The van der Waals surface area contributed by atoms with E-state index < -0.39 is 0 Å². The van der Waals surface area contributed by atoms with Crippen LogP contribution in [0.5, 0.6) is 0 Å². The molecule has 1 N–H and O–H groups in total. The van der Waals surface area contributed by atoms with Crippen LogP contribution in [0.2, 0.25) is 0 Å². The molecule has 0 fully saturated rings. The lowest BCUT2D eigenvalue weighted by atomic mass is 9.92. The molecule has 0 aromatic carbocycles. The minimum atomic E-state index is 0.396. The van der Waals surface area contributed by atoms with Crippen molar-refractivity contribution in [3.63, 3.8) is 0 Å². The Bertz CT molecular complexity index is 616. The first-order valence-corrected chi connectivity index (χ1v) is 7.73. The SMILES string of the molecule is CCCNC1CCCc2nc(-c3c(C)noc3C)ncc21. The third kappa shape index (κ3) is 2.70. The lowest BCUT2D eigenvalue weighted by Crippen LogP contribution is -2.26. The average molecular weight is 286 g/mol. The van der Waals surface area contributed by atoms with Gasteiger partial charge in [0, 0.05) is 23.5 Å². The molecule has 0 bridgehead atoms. The molecule has 5 nitrogen and oxygen atoms in total. The molecular formula is C16H22N4O. The summed E-state index contributed by atoms with van der Waals surface area (Å²) in [6.07, 6.45) is 6.49. The van der Waals surface area contributed by atoms with Gasteiger partial charge in [0.25, 0.3) is 0 Å². The first-order valence-electron chi connectivity index (χ1n) is 7.73. The highest BCUT2D eigenvalue weighted by atomic mass is 16.5. The van der Waals surface area contributed by atoms with Gasteiger partial charge in [-0.25, -0.2) is 9.97 Å². The predicted octanol–water partition coefficient (Wildman–Crippen LogP) is 3.13. The van der Waals surface area contributed by atoms with Gasteiger partial charge in [-0.3, -0.25) is 0 Å². The Hall–Kier alpha value is -1.75. The summed E-state index contributed by atoms with van der Waals surface area (Å²) in [6.45, 7) is 7.06. The minimum Gasteiger partial charge on any atom is -0.361 e. The molecule has 1 aliphatic carbocycles. The van der Waals surface area contributed by atoms with Gasteiger partial charge < -0.3 is 9.84 Å². The van der Waals surface area contributed by atoms with Gasteiger partial charge in [-0.15, -0.1) is 0 Å². The molecule has 0 saturated carbocycles. The molecule has 3 rings (SSSR count). The maximum atomic E-state index is 5.23. The van der Waals surface area contributed by atoms with Crippen LogP contribution in [0.1, 0.15) is 54.9 Å². The van der Waals surface area contributed by atoms with E-state index in [1.54, 1.807) is 0 Å². The third-order valence-electron chi connectivity index (χ3n) is 4.08. The van der Waals surface area contributed by atoms with E-state index in [1.165, 1.54) is 24.1 Å². The maximum absolute atomic E-state index is 5.23. The fraction of sp³-hybridized carbons (Fsp3) is 0.562. The number of rotatable bonds is 4. The predicted molar refractivity (Wildman–Crippen MR) is 81.0 cm³/mol. The molecule has 2 aromatic rings. The standard InChI is InChI=1S/C16H22N4O/c1-4-8-17-13-6-5-7-14-12(13)9-18-16(19-14)15-10(2)20-21-11(15)3/h9,13,17H,4-8H2,1-3H3. The van der Waals surface area contributed by atoms with Crippen LogP contribution in [0.3, 0.4) is 0 Å². The Morgan fingerprint density at radius 1 is 1.38 bits per heavy atom. The second-order valence-electron chi connectivity index (χ2n) is 5.69. The van der Waals surface area contributed by atoms with E-state index >= 15 is 0 Å². The normalized spacial score (nSPS) is 17.8. The molecule has 5 heteroatoms. The maximum Gasteiger partial charge on any atom is 0.164 e. The van der Waals surface area contributed by atoms with Crippen LogP contribution in [-0.4, -0.2) is 21.7 Å². The van der Waals surface area contributed by atoms with Gasteiger partial charge in [0.15, 0.2) is 5.82 Å². The zero-order valence-corrected chi connectivity index (χ0v) is 12.9. The molecule has 0 aliphatic heterocycles. The smallest absolute Gasteiger partial charge is 0.164 e. The van der Waals surface area contributed by atoms with E-state index in [-0.39, 0.29) is 0 Å². The molecule has 1 atom stereocenters. The first-order chi connectivity index (χ1) is 10.2. The van der Waals surface area contributed by atoms with Crippen LogP contribution in [0, 0.1) is 13.8 Å². The van der Waals surface area contributed by atoms with Crippen molar-refractivity contribution in [3.05, 3.63) is 28.9 Å². The van der Waals surface area contributed by atoms with Crippen molar-refractivity contribution in [2.45, 2.75) is 52.5 Å². The molecule has 112 valence electrons. The summed E-state index contributed by atoms with van der Waals surface area (Å²) < 4.78 is 5.23. The quantitative estimate of drug-likeness (QED) is 0.935. The third-order valence-corrected chi connectivity index (χ3v) is 4.08. The molecule has 21 heavy (non-hydrogen) atoms. The molecule has 0 spiro atoms. The van der Waals surface area contributed by atoms with Gasteiger partial charge in [-0.05, 0) is 46.1 Å². The van der Waals surface area contributed by atoms with Crippen LogP contribution in [0.25, 0.3) is 11.4 Å². The molecule has 0 saturated heterocycles. The summed E-state index contributed by atoms with van der Waals surface area (Å²) in [5, 5.41) is 7.59. The van der Waals surface area contributed by atoms with Gasteiger partial charge in [-0.2, -0.15) is 0 Å². The van der Waals surface area contributed by atoms with Crippen molar-refractivity contribution in [1.29, 1.82) is 0 Å². The molecular weight excluding hydrogens is 264 g/mol. The van der Waals surface area contributed by atoms with E-state index in [1.807, 2.05) is 20.0 Å². The monoisotopic (exact) mass is 286 g/mol. The summed E-state index contributed by atoms with van der Waals surface area (Å²) in [5.74, 6) is 1.52. The van der Waals surface area contributed by atoms with Gasteiger partial charge in [0.1, 0.15) is 5.76 Å². The second-order valence-corrected chi connectivity index (χ2v) is 5.69. The molecule has 1 aliphatic rings. The fourth-order valence-electron chi connectivity index (χ4n) is 3.00. The van der Waals surface area contributed by atoms with E-state index in [9.17, 15) is 0 Å². The minimum absolute atomic E-state index is 0.396. The molecule has 0 amide bonds. The van der Waals surface area contributed by atoms with Crippen LogP contribution in [0.15, 0.2) is 10.7 Å². The Balaban J connectivity index is 1.95. The number of aryl methyl sites for hydroxylation is 3.